The number of aliphatic hydroxyl groups is 1. The first-order valence-corrected chi connectivity index (χ1v) is 4.29. The Bertz CT molecular complexity index is 217. The zero-order chi connectivity index (χ0) is 11.3. The lowest BCUT2D eigenvalue weighted by Crippen LogP contribution is -2.51. The Morgan fingerprint density at radius 2 is 1.93 bits per heavy atom. The second-order valence-electron chi connectivity index (χ2n) is 3.36. The topological polar surface area (TPSA) is 113 Å². The molecule has 5 N–H and O–H groups in total. The summed E-state index contributed by atoms with van der Waals surface area (Å²) in [6, 6.07) is -2.05. The average molecular weight is 204 g/mol. The van der Waals surface area contributed by atoms with E-state index in [-0.39, 0.29) is 5.92 Å². The van der Waals surface area contributed by atoms with E-state index in [0.717, 1.165) is 0 Å². The summed E-state index contributed by atoms with van der Waals surface area (Å²) in [5.74, 6) is -2.01. The maximum absolute atomic E-state index is 11.1. The summed E-state index contributed by atoms with van der Waals surface area (Å²) < 4.78 is 0. The van der Waals surface area contributed by atoms with Crippen molar-refractivity contribution in [2.24, 2.45) is 11.7 Å². The number of aliphatic hydroxyl groups excluding tert-OH is 1. The van der Waals surface area contributed by atoms with E-state index in [1.54, 1.807) is 13.8 Å². The lowest BCUT2D eigenvalue weighted by atomic mass is 10.0. The molecule has 0 aromatic carbocycles. The lowest BCUT2D eigenvalue weighted by Gasteiger charge is -2.19. The molecule has 2 atom stereocenters. The molecule has 14 heavy (non-hydrogen) atoms. The molecule has 0 unspecified atom stereocenters. The van der Waals surface area contributed by atoms with Crippen molar-refractivity contribution in [2.45, 2.75) is 25.9 Å². The third-order valence-electron chi connectivity index (χ3n) is 1.76. The van der Waals surface area contributed by atoms with E-state index in [2.05, 4.69) is 5.32 Å². The normalized spacial score (nSPS) is 14.9. The molecule has 0 aromatic rings. The summed E-state index contributed by atoms with van der Waals surface area (Å²) in [5, 5.41) is 19.5. The van der Waals surface area contributed by atoms with Crippen LogP contribution in [0, 0.1) is 5.92 Å². The summed E-state index contributed by atoms with van der Waals surface area (Å²) in [6.07, 6.45) is 0. The molecule has 6 heteroatoms. The SMILES string of the molecule is CC(C)[C@H](NC(=O)[C@H](N)CO)C(=O)O. The minimum absolute atomic E-state index is 0.234. The molecule has 6 nitrogen and oxygen atoms in total. The first-order valence-electron chi connectivity index (χ1n) is 4.29. The second-order valence-corrected chi connectivity index (χ2v) is 3.36. The van der Waals surface area contributed by atoms with Crippen LogP contribution in [0.1, 0.15) is 13.8 Å². The minimum atomic E-state index is -1.11. The maximum Gasteiger partial charge on any atom is 0.326 e. The number of carboxylic acid groups (broad SMARTS) is 1. The van der Waals surface area contributed by atoms with E-state index in [4.69, 9.17) is 15.9 Å². The van der Waals surface area contributed by atoms with Crippen LogP contribution in [0.4, 0.5) is 0 Å². The van der Waals surface area contributed by atoms with Crippen molar-refractivity contribution >= 4 is 11.9 Å². The van der Waals surface area contributed by atoms with Gasteiger partial charge in [0, 0.05) is 0 Å². The van der Waals surface area contributed by atoms with Crippen LogP contribution in [-0.2, 0) is 9.59 Å². The van der Waals surface area contributed by atoms with Crippen LogP contribution >= 0.6 is 0 Å². The Kier molecular flexibility index (Phi) is 5.11. The van der Waals surface area contributed by atoms with Crippen LogP contribution in [-0.4, -0.2) is 40.8 Å². The van der Waals surface area contributed by atoms with Crippen molar-refractivity contribution in [1.29, 1.82) is 0 Å². The van der Waals surface area contributed by atoms with Gasteiger partial charge in [0.25, 0.3) is 0 Å². The number of amides is 1. The van der Waals surface area contributed by atoms with E-state index in [1.165, 1.54) is 0 Å². The molecule has 1 amide bonds. The summed E-state index contributed by atoms with van der Waals surface area (Å²) >= 11 is 0. The van der Waals surface area contributed by atoms with Gasteiger partial charge in [-0.3, -0.25) is 4.79 Å². The van der Waals surface area contributed by atoms with Gasteiger partial charge in [0.2, 0.25) is 5.91 Å². The molecule has 0 aromatic heterocycles. The van der Waals surface area contributed by atoms with Gasteiger partial charge in [0.1, 0.15) is 12.1 Å². The molecule has 0 aliphatic heterocycles. The fourth-order valence-corrected chi connectivity index (χ4v) is 0.857. The molecule has 0 aliphatic rings. The van der Waals surface area contributed by atoms with E-state index >= 15 is 0 Å². The molecule has 0 saturated carbocycles. The molecular formula is C8H16N2O4. The van der Waals surface area contributed by atoms with Gasteiger partial charge in [-0.05, 0) is 5.92 Å². The van der Waals surface area contributed by atoms with Crippen LogP contribution in [0.5, 0.6) is 0 Å². The predicted molar refractivity (Wildman–Crippen MR) is 49.5 cm³/mol. The van der Waals surface area contributed by atoms with Crippen LogP contribution in [0.2, 0.25) is 0 Å². The Morgan fingerprint density at radius 3 is 2.21 bits per heavy atom. The first-order chi connectivity index (χ1) is 6.40. The van der Waals surface area contributed by atoms with Crippen LogP contribution in [0.3, 0.4) is 0 Å². The number of carbonyl (C=O) groups is 2. The van der Waals surface area contributed by atoms with E-state index in [9.17, 15) is 9.59 Å². The zero-order valence-corrected chi connectivity index (χ0v) is 8.23. The zero-order valence-electron chi connectivity index (χ0n) is 8.23. The smallest absolute Gasteiger partial charge is 0.326 e. The largest absolute Gasteiger partial charge is 0.480 e. The number of carboxylic acids is 1. The van der Waals surface area contributed by atoms with E-state index in [1.807, 2.05) is 0 Å². The number of rotatable bonds is 5. The summed E-state index contributed by atoms with van der Waals surface area (Å²) in [4.78, 5) is 21.8. The molecule has 0 heterocycles. The second kappa shape index (κ2) is 5.56. The fraction of sp³-hybridized carbons (Fsp3) is 0.750. The van der Waals surface area contributed by atoms with Crippen molar-refractivity contribution < 1.29 is 19.8 Å². The highest BCUT2D eigenvalue weighted by Gasteiger charge is 2.25. The van der Waals surface area contributed by atoms with Crippen molar-refractivity contribution in [2.75, 3.05) is 6.61 Å². The highest BCUT2D eigenvalue weighted by molar-refractivity contribution is 5.86. The number of nitrogens with two attached hydrogens (primary N) is 1. The molecule has 0 aliphatic carbocycles. The van der Waals surface area contributed by atoms with Crippen molar-refractivity contribution in [1.82, 2.24) is 5.32 Å². The Labute approximate surface area is 82.1 Å². The molecule has 0 bridgehead atoms. The summed E-state index contributed by atoms with van der Waals surface area (Å²) in [6.45, 7) is 2.84. The molecular weight excluding hydrogens is 188 g/mol. The summed E-state index contributed by atoms with van der Waals surface area (Å²) in [5.41, 5.74) is 5.21. The molecule has 0 rings (SSSR count). The Hall–Kier alpha value is -1.14. The van der Waals surface area contributed by atoms with Gasteiger partial charge in [-0.25, -0.2) is 4.79 Å². The molecule has 0 radical (unpaired) electrons. The third-order valence-corrected chi connectivity index (χ3v) is 1.76. The Balaban J connectivity index is 4.31. The predicted octanol–water partition coefficient (Wildman–Crippen LogP) is -1.47. The van der Waals surface area contributed by atoms with Crippen LogP contribution < -0.4 is 11.1 Å². The quantitative estimate of drug-likeness (QED) is 0.437. The molecule has 0 fully saturated rings. The third kappa shape index (κ3) is 3.71. The van der Waals surface area contributed by atoms with Gasteiger partial charge < -0.3 is 21.3 Å². The number of nitrogens with one attached hydrogen (secondary N) is 1. The number of hydrogen-bond acceptors (Lipinski definition) is 4. The molecule has 0 saturated heterocycles. The van der Waals surface area contributed by atoms with E-state index < -0.39 is 30.6 Å². The van der Waals surface area contributed by atoms with Crippen molar-refractivity contribution in [3.8, 4) is 0 Å². The van der Waals surface area contributed by atoms with Gasteiger partial charge in [0.05, 0.1) is 6.61 Å². The lowest BCUT2D eigenvalue weighted by molar-refractivity contribution is -0.143. The van der Waals surface area contributed by atoms with Gasteiger partial charge in [0.15, 0.2) is 0 Å². The average Bonchev–Trinajstić information content (AvgIpc) is 2.11. The van der Waals surface area contributed by atoms with Gasteiger partial charge in [-0.1, -0.05) is 13.8 Å². The van der Waals surface area contributed by atoms with Gasteiger partial charge >= 0.3 is 5.97 Å². The monoisotopic (exact) mass is 204 g/mol. The maximum atomic E-state index is 11.1. The number of hydrogen-bond donors (Lipinski definition) is 4. The van der Waals surface area contributed by atoms with Crippen LogP contribution in [0.25, 0.3) is 0 Å². The van der Waals surface area contributed by atoms with Crippen molar-refractivity contribution in [3.63, 3.8) is 0 Å². The minimum Gasteiger partial charge on any atom is -0.480 e. The van der Waals surface area contributed by atoms with Crippen molar-refractivity contribution in [3.05, 3.63) is 0 Å². The Morgan fingerprint density at radius 1 is 1.43 bits per heavy atom. The van der Waals surface area contributed by atoms with E-state index in [0.29, 0.717) is 0 Å². The summed E-state index contributed by atoms with van der Waals surface area (Å²) in [7, 11) is 0. The fourth-order valence-electron chi connectivity index (χ4n) is 0.857. The standard InChI is InChI=1S/C8H16N2O4/c1-4(2)6(8(13)14)10-7(12)5(9)3-11/h4-6,11H,3,9H2,1-2H3,(H,10,12)(H,13,14)/t5-,6+/m1/s1. The van der Waals surface area contributed by atoms with Gasteiger partial charge in [-0.2, -0.15) is 0 Å². The van der Waals surface area contributed by atoms with Gasteiger partial charge in [-0.15, -0.1) is 0 Å². The highest BCUT2D eigenvalue weighted by atomic mass is 16.4. The first kappa shape index (κ1) is 12.9. The number of carbonyl (C=O) groups excluding carboxylic acids is 1. The number of aliphatic carboxylic acids is 1. The molecule has 0 spiro atoms. The van der Waals surface area contributed by atoms with Crippen LogP contribution in [0.15, 0.2) is 0 Å². The highest BCUT2D eigenvalue weighted by Crippen LogP contribution is 2.01. The molecule has 82 valence electrons.